The molecule has 0 radical (unpaired) electrons. The van der Waals surface area contributed by atoms with Gasteiger partial charge in [0.2, 0.25) is 0 Å². The largest absolute Gasteiger partial charge is 0.490 e. The maximum atomic E-state index is 13.5. The number of hydrogen-bond acceptors (Lipinski definition) is 6. The van der Waals surface area contributed by atoms with Gasteiger partial charge in [-0.3, -0.25) is 9.10 Å². The summed E-state index contributed by atoms with van der Waals surface area (Å²) in [6.07, 6.45) is 1.44. The molecule has 0 aliphatic heterocycles. The summed E-state index contributed by atoms with van der Waals surface area (Å²) in [5.74, 6) is 0.446. The van der Waals surface area contributed by atoms with Crippen molar-refractivity contribution < 1.29 is 22.7 Å². The van der Waals surface area contributed by atoms with Crippen molar-refractivity contribution in [2.24, 2.45) is 5.10 Å². The molecular formula is C31H29BrClN3O5S. The first-order valence-corrected chi connectivity index (χ1v) is 15.6. The number of amides is 1. The van der Waals surface area contributed by atoms with E-state index in [4.69, 9.17) is 21.1 Å². The normalized spacial score (nSPS) is 11.3. The van der Waals surface area contributed by atoms with Crippen LogP contribution in [0.4, 0.5) is 5.69 Å². The second-order valence-corrected chi connectivity index (χ2v) is 12.4. The van der Waals surface area contributed by atoms with Crippen LogP contribution in [0.1, 0.15) is 23.6 Å². The van der Waals surface area contributed by atoms with Gasteiger partial charge in [0, 0.05) is 9.50 Å². The first kappa shape index (κ1) is 31.1. The van der Waals surface area contributed by atoms with Gasteiger partial charge in [-0.05, 0) is 91.7 Å². The van der Waals surface area contributed by atoms with Crippen LogP contribution in [0, 0.1) is 6.92 Å². The highest BCUT2D eigenvalue weighted by Crippen LogP contribution is 2.29. The Morgan fingerprint density at radius 3 is 2.40 bits per heavy atom. The van der Waals surface area contributed by atoms with Crippen LogP contribution in [0.3, 0.4) is 0 Å². The van der Waals surface area contributed by atoms with E-state index in [1.807, 2.05) is 32.0 Å². The first-order chi connectivity index (χ1) is 20.2. The number of hydrogen-bond donors (Lipinski definition) is 1. The smallest absolute Gasteiger partial charge is 0.264 e. The molecule has 0 aliphatic rings. The summed E-state index contributed by atoms with van der Waals surface area (Å²) >= 11 is 9.42. The highest BCUT2D eigenvalue weighted by atomic mass is 79.9. The number of carbonyl (C=O) groups is 1. The molecule has 0 bridgehead atoms. The Labute approximate surface area is 259 Å². The molecule has 0 heterocycles. The number of halogens is 2. The van der Waals surface area contributed by atoms with Gasteiger partial charge in [-0.1, -0.05) is 57.4 Å². The summed E-state index contributed by atoms with van der Waals surface area (Å²) in [5, 5.41) is 4.67. The molecule has 0 saturated carbocycles. The van der Waals surface area contributed by atoms with Gasteiger partial charge in [0.05, 0.1) is 23.4 Å². The van der Waals surface area contributed by atoms with Crippen LogP contribution >= 0.6 is 27.5 Å². The number of rotatable bonds is 12. The molecule has 8 nitrogen and oxygen atoms in total. The van der Waals surface area contributed by atoms with Gasteiger partial charge in [-0.25, -0.2) is 13.8 Å². The fraction of sp³-hybridized carbons (Fsp3) is 0.161. The lowest BCUT2D eigenvalue weighted by Gasteiger charge is -2.23. The number of hydrazone groups is 1. The standard InChI is InChI=1S/C31H29BrClN3O5S/c1-3-40-30-18-23(9-16-29(30)41-21-24-5-4-6-26(33)17-24)19-34-35-31(37)20-36(27-12-10-25(32)11-13-27)42(38,39)28-14-7-22(2)8-15-28/h4-19H,3,20-21H2,1-2H3,(H,35,37)/b34-19-. The van der Waals surface area contributed by atoms with E-state index in [0.29, 0.717) is 41.0 Å². The summed E-state index contributed by atoms with van der Waals surface area (Å²) < 4.78 is 40.5. The number of nitrogens with zero attached hydrogens (tertiary/aromatic N) is 2. The SMILES string of the molecule is CCOc1cc(/C=N\NC(=O)CN(c2ccc(Br)cc2)S(=O)(=O)c2ccc(C)cc2)ccc1OCc1cccc(Cl)c1. The summed E-state index contributed by atoms with van der Waals surface area (Å²) in [6.45, 7) is 3.99. The third-order valence-corrected chi connectivity index (χ3v) is 8.52. The van der Waals surface area contributed by atoms with Crippen molar-refractivity contribution in [3.8, 4) is 11.5 Å². The zero-order valence-corrected chi connectivity index (χ0v) is 26.1. The quantitative estimate of drug-likeness (QED) is 0.133. The van der Waals surface area contributed by atoms with E-state index in [9.17, 15) is 13.2 Å². The van der Waals surface area contributed by atoms with E-state index in [2.05, 4.69) is 26.5 Å². The first-order valence-electron chi connectivity index (χ1n) is 13.0. The molecule has 0 atom stereocenters. The van der Waals surface area contributed by atoms with Crippen molar-refractivity contribution >= 4 is 55.4 Å². The maximum Gasteiger partial charge on any atom is 0.264 e. The highest BCUT2D eigenvalue weighted by molar-refractivity contribution is 9.10. The predicted molar refractivity (Wildman–Crippen MR) is 169 cm³/mol. The molecule has 0 unspecified atom stereocenters. The second-order valence-electron chi connectivity index (χ2n) is 9.15. The Bertz CT molecular complexity index is 1660. The Morgan fingerprint density at radius 2 is 1.71 bits per heavy atom. The number of carbonyl (C=O) groups excluding carboxylic acids is 1. The summed E-state index contributed by atoms with van der Waals surface area (Å²) in [6, 6.07) is 25.8. The summed E-state index contributed by atoms with van der Waals surface area (Å²) in [5.41, 5.74) is 5.25. The van der Waals surface area contributed by atoms with Crippen LogP contribution in [0.25, 0.3) is 0 Å². The fourth-order valence-electron chi connectivity index (χ4n) is 3.88. The van der Waals surface area contributed by atoms with Crippen molar-refractivity contribution in [1.82, 2.24) is 5.43 Å². The lowest BCUT2D eigenvalue weighted by Crippen LogP contribution is -2.39. The van der Waals surface area contributed by atoms with Gasteiger partial charge in [-0.2, -0.15) is 5.10 Å². The van der Waals surface area contributed by atoms with E-state index in [1.165, 1.54) is 18.3 Å². The van der Waals surface area contributed by atoms with E-state index in [1.54, 1.807) is 60.7 Å². The number of anilines is 1. The van der Waals surface area contributed by atoms with Crippen LogP contribution in [-0.4, -0.2) is 33.7 Å². The van der Waals surface area contributed by atoms with Crippen LogP contribution in [0.5, 0.6) is 11.5 Å². The molecule has 11 heteroatoms. The number of nitrogens with one attached hydrogen (secondary N) is 1. The Morgan fingerprint density at radius 1 is 0.976 bits per heavy atom. The summed E-state index contributed by atoms with van der Waals surface area (Å²) in [4.78, 5) is 13.0. The minimum atomic E-state index is -4.03. The van der Waals surface area contributed by atoms with Crippen molar-refractivity contribution in [3.05, 3.63) is 117 Å². The lowest BCUT2D eigenvalue weighted by molar-refractivity contribution is -0.119. The zero-order valence-electron chi connectivity index (χ0n) is 23.0. The molecule has 4 rings (SSSR count). The minimum absolute atomic E-state index is 0.0773. The van der Waals surface area contributed by atoms with Gasteiger partial charge >= 0.3 is 0 Å². The Hall–Kier alpha value is -3.86. The van der Waals surface area contributed by atoms with Gasteiger partial charge < -0.3 is 9.47 Å². The van der Waals surface area contributed by atoms with Crippen LogP contribution in [0.15, 0.2) is 105 Å². The molecule has 4 aromatic carbocycles. The zero-order chi connectivity index (χ0) is 30.1. The topological polar surface area (TPSA) is 97.3 Å². The van der Waals surface area contributed by atoms with Gasteiger partial charge in [-0.15, -0.1) is 0 Å². The molecule has 218 valence electrons. The van der Waals surface area contributed by atoms with Gasteiger partial charge in [0.15, 0.2) is 11.5 Å². The molecule has 42 heavy (non-hydrogen) atoms. The number of benzene rings is 4. The predicted octanol–water partition coefficient (Wildman–Crippen LogP) is 6.73. The molecule has 0 spiro atoms. The van der Waals surface area contributed by atoms with Crippen molar-refractivity contribution in [1.29, 1.82) is 0 Å². The molecule has 1 N–H and O–H groups in total. The lowest BCUT2D eigenvalue weighted by atomic mass is 10.2. The summed E-state index contributed by atoms with van der Waals surface area (Å²) in [7, 11) is -4.03. The third kappa shape index (κ3) is 8.34. The molecule has 1 amide bonds. The van der Waals surface area contributed by atoms with E-state index in [-0.39, 0.29) is 4.90 Å². The van der Waals surface area contributed by atoms with Crippen LogP contribution in [-0.2, 0) is 21.4 Å². The number of sulfonamides is 1. The van der Waals surface area contributed by atoms with Crippen LogP contribution in [0.2, 0.25) is 5.02 Å². The minimum Gasteiger partial charge on any atom is -0.490 e. The molecule has 0 saturated heterocycles. The van der Waals surface area contributed by atoms with E-state index >= 15 is 0 Å². The van der Waals surface area contributed by atoms with Gasteiger partial charge in [0.1, 0.15) is 13.2 Å². The maximum absolute atomic E-state index is 13.5. The van der Waals surface area contributed by atoms with E-state index < -0.39 is 22.5 Å². The number of ether oxygens (including phenoxy) is 2. The Kier molecular flexibility index (Phi) is 10.6. The third-order valence-electron chi connectivity index (χ3n) is 5.96. The van der Waals surface area contributed by atoms with Crippen molar-refractivity contribution in [2.75, 3.05) is 17.5 Å². The monoisotopic (exact) mass is 669 g/mol. The highest BCUT2D eigenvalue weighted by Gasteiger charge is 2.27. The van der Waals surface area contributed by atoms with Gasteiger partial charge in [0.25, 0.3) is 15.9 Å². The molecular weight excluding hydrogens is 642 g/mol. The number of aryl methyl sites for hydroxylation is 1. The van der Waals surface area contributed by atoms with Crippen molar-refractivity contribution in [2.45, 2.75) is 25.3 Å². The molecule has 0 aliphatic carbocycles. The average molecular weight is 671 g/mol. The Balaban J connectivity index is 1.46. The van der Waals surface area contributed by atoms with Crippen LogP contribution < -0.4 is 19.2 Å². The second kappa shape index (κ2) is 14.4. The fourth-order valence-corrected chi connectivity index (χ4v) is 5.78. The average Bonchev–Trinajstić information content (AvgIpc) is 2.96. The van der Waals surface area contributed by atoms with Crippen molar-refractivity contribution in [3.63, 3.8) is 0 Å². The molecule has 4 aromatic rings. The molecule has 0 aromatic heterocycles. The van der Waals surface area contributed by atoms with E-state index in [0.717, 1.165) is 19.9 Å². The molecule has 0 fully saturated rings.